The molecule has 0 spiro atoms. The second kappa shape index (κ2) is 7.03. The Morgan fingerprint density at radius 1 is 1.04 bits per heavy atom. The van der Waals surface area contributed by atoms with E-state index in [9.17, 15) is 21.2 Å². The van der Waals surface area contributed by atoms with Gasteiger partial charge in [-0.15, -0.1) is 0 Å². The summed E-state index contributed by atoms with van der Waals surface area (Å²) in [7, 11) is -5.91. The van der Waals surface area contributed by atoms with Crippen LogP contribution in [-0.2, 0) is 19.9 Å². The van der Waals surface area contributed by atoms with Gasteiger partial charge in [-0.1, -0.05) is 23.7 Å². The van der Waals surface area contributed by atoms with Gasteiger partial charge in [-0.2, -0.15) is 4.31 Å². The van der Waals surface area contributed by atoms with Gasteiger partial charge in [-0.25, -0.2) is 21.2 Å². The fraction of sp³-hybridized carbons (Fsp3) is 0.250. The van der Waals surface area contributed by atoms with Gasteiger partial charge in [-0.3, -0.25) is 0 Å². The molecular weight excluding hydrogens is 389 g/mol. The van der Waals surface area contributed by atoms with Crippen LogP contribution < -0.4 is 0 Å². The summed E-state index contributed by atoms with van der Waals surface area (Å²) in [5.41, 5.74) is 0.608. The molecular formula is C16H17ClFNO4S2. The maximum absolute atomic E-state index is 13.2. The minimum Gasteiger partial charge on any atom is -0.224 e. The average molecular weight is 406 g/mol. The molecule has 9 heteroatoms. The van der Waals surface area contributed by atoms with E-state index >= 15 is 0 Å². The number of rotatable bonds is 5. The summed E-state index contributed by atoms with van der Waals surface area (Å²) < 4.78 is 62.7. The van der Waals surface area contributed by atoms with Crippen LogP contribution in [0.4, 0.5) is 4.39 Å². The van der Waals surface area contributed by atoms with E-state index in [4.69, 9.17) is 11.6 Å². The van der Waals surface area contributed by atoms with E-state index in [1.54, 1.807) is 19.1 Å². The van der Waals surface area contributed by atoms with Crippen LogP contribution in [-0.4, -0.2) is 34.4 Å². The lowest BCUT2D eigenvalue weighted by Gasteiger charge is -2.25. The number of sulfonamides is 1. The van der Waals surface area contributed by atoms with Crippen LogP contribution in [0.1, 0.15) is 18.5 Å². The quantitative estimate of drug-likeness (QED) is 0.765. The van der Waals surface area contributed by atoms with E-state index in [0.29, 0.717) is 5.56 Å². The zero-order chi connectivity index (χ0) is 19.0. The molecule has 2 rings (SSSR count). The van der Waals surface area contributed by atoms with Gasteiger partial charge in [-0.05, 0) is 42.8 Å². The van der Waals surface area contributed by atoms with Crippen LogP contribution in [0.25, 0.3) is 0 Å². The first-order valence-corrected chi connectivity index (χ1v) is 10.9. The molecule has 0 bridgehead atoms. The summed E-state index contributed by atoms with van der Waals surface area (Å²) in [4.78, 5) is -0.0480. The highest BCUT2D eigenvalue weighted by Gasteiger charge is 2.28. The lowest BCUT2D eigenvalue weighted by molar-refractivity contribution is 0.398. The molecule has 0 amide bonds. The number of hydrogen-bond donors (Lipinski definition) is 0. The summed E-state index contributed by atoms with van der Waals surface area (Å²) >= 11 is 5.87. The normalized spacial score (nSPS) is 13.8. The van der Waals surface area contributed by atoms with E-state index in [0.717, 1.165) is 28.8 Å². The van der Waals surface area contributed by atoms with Gasteiger partial charge in [0, 0.05) is 19.3 Å². The highest BCUT2D eigenvalue weighted by Crippen LogP contribution is 2.30. The summed E-state index contributed by atoms with van der Waals surface area (Å²) in [6.07, 6.45) is 1.10. The second-order valence-electron chi connectivity index (χ2n) is 5.61. The average Bonchev–Trinajstić information content (AvgIpc) is 2.52. The Bertz CT molecular complexity index is 989. The molecule has 0 aromatic heterocycles. The first-order chi connectivity index (χ1) is 11.4. The molecule has 0 aliphatic carbocycles. The standard InChI is InChI=1S/C16H17ClFNO4S2/c1-11(12-4-7-14(8-5-12)24(3,20)21)19(2)25(22,23)16-9-6-13(18)10-15(16)17/h4-11H,1-3H3. The number of hydrogen-bond acceptors (Lipinski definition) is 4. The third kappa shape index (κ3) is 4.20. The Balaban J connectivity index is 2.37. The van der Waals surface area contributed by atoms with Crippen molar-refractivity contribution in [2.45, 2.75) is 22.8 Å². The van der Waals surface area contributed by atoms with Gasteiger partial charge in [0.25, 0.3) is 0 Å². The van der Waals surface area contributed by atoms with Crippen LogP contribution in [0.2, 0.25) is 5.02 Å². The number of sulfone groups is 1. The topological polar surface area (TPSA) is 71.5 Å². The fourth-order valence-electron chi connectivity index (χ4n) is 2.25. The molecule has 1 atom stereocenters. The molecule has 0 saturated carbocycles. The zero-order valence-corrected chi connectivity index (χ0v) is 16.2. The minimum absolute atomic E-state index is 0.149. The number of halogens is 2. The maximum Gasteiger partial charge on any atom is 0.244 e. The molecule has 5 nitrogen and oxygen atoms in total. The molecule has 0 saturated heterocycles. The zero-order valence-electron chi connectivity index (χ0n) is 13.8. The molecule has 0 N–H and O–H groups in total. The van der Waals surface area contributed by atoms with Crippen molar-refractivity contribution >= 4 is 31.5 Å². The molecule has 0 aliphatic rings. The van der Waals surface area contributed by atoms with Crippen molar-refractivity contribution in [2.75, 3.05) is 13.3 Å². The van der Waals surface area contributed by atoms with Crippen molar-refractivity contribution in [3.8, 4) is 0 Å². The van der Waals surface area contributed by atoms with E-state index in [1.165, 1.54) is 19.2 Å². The summed E-state index contributed by atoms with van der Waals surface area (Å²) in [6, 6.07) is 8.45. The van der Waals surface area contributed by atoms with Crippen molar-refractivity contribution in [1.29, 1.82) is 0 Å². The van der Waals surface area contributed by atoms with E-state index in [1.807, 2.05) is 0 Å². The van der Waals surface area contributed by atoms with Crippen molar-refractivity contribution in [3.63, 3.8) is 0 Å². The maximum atomic E-state index is 13.2. The highest BCUT2D eigenvalue weighted by molar-refractivity contribution is 7.90. The second-order valence-corrected chi connectivity index (χ2v) is 10.0. The van der Waals surface area contributed by atoms with Crippen molar-refractivity contribution in [1.82, 2.24) is 4.31 Å². The summed E-state index contributed by atoms with van der Waals surface area (Å²) in [5, 5.41) is -0.202. The number of nitrogens with zero attached hydrogens (tertiary/aromatic N) is 1. The van der Waals surface area contributed by atoms with Gasteiger partial charge < -0.3 is 0 Å². The minimum atomic E-state index is -3.96. The van der Waals surface area contributed by atoms with Gasteiger partial charge in [0.1, 0.15) is 10.7 Å². The lowest BCUT2D eigenvalue weighted by atomic mass is 10.1. The van der Waals surface area contributed by atoms with Crippen molar-refractivity contribution < 1.29 is 21.2 Å². The summed E-state index contributed by atoms with van der Waals surface area (Å²) in [5.74, 6) is -0.629. The number of benzene rings is 2. The monoisotopic (exact) mass is 405 g/mol. The molecule has 136 valence electrons. The lowest BCUT2D eigenvalue weighted by Crippen LogP contribution is -2.30. The van der Waals surface area contributed by atoms with E-state index in [2.05, 4.69) is 0 Å². The van der Waals surface area contributed by atoms with Gasteiger partial charge >= 0.3 is 0 Å². The van der Waals surface area contributed by atoms with Gasteiger partial charge in [0.2, 0.25) is 10.0 Å². The molecule has 2 aromatic rings. The predicted octanol–water partition coefficient (Wildman–Crippen LogP) is 3.26. The first-order valence-electron chi connectivity index (χ1n) is 7.17. The molecule has 0 radical (unpaired) electrons. The Labute approximate surface area is 152 Å². The Morgan fingerprint density at radius 2 is 1.60 bits per heavy atom. The smallest absolute Gasteiger partial charge is 0.224 e. The Hall–Kier alpha value is -1.48. The van der Waals surface area contributed by atoms with Crippen LogP contribution in [0.15, 0.2) is 52.3 Å². The Morgan fingerprint density at radius 3 is 2.08 bits per heavy atom. The van der Waals surface area contributed by atoms with Crippen LogP contribution in [0.3, 0.4) is 0 Å². The van der Waals surface area contributed by atoms with Gasteiger partial charge in [0.15, 0.2) is 9.84 Å². The van der Waals surface area contributed by atoms with E-state index < -0.39 is 31.7 Å². The highest BCUT2D eigenvalue weighted by atomic mass is 35.5. The van der Waals surface area contributed by atoms with Crippen LogP contribution in [0, 0.1) is 5.82 Å². The third-order valence-corrected chi connectivity index (χ3v) is 7.43. The molecule has 0 heterocycles. The van der Waals surface area contributed by atoms with Crippen molar-refractivity contribution in [2.24, 2.45) is 0 Å². The van der Waals surface area contributed by atoms with E-state index in [-0.39, 0.29) is 14.8 Å². The molecule has 0 fully saturated rings. The summed E-state index contributed by atoms with van der Waals surface area (Å²) in [6.45, 7) is 1.66. The Kier molecular flexibility index (Phi) is 5.58. The largest absolute Gasteiger partial charge is 0.244 e. The molecule has 25 heavy (non-hydrogen) atoms. The van der Waals surface area contributed by atoms with Crippen LogP contribution in [0.5, 0.6) is 0 Å². The molecule has 2 aromatic carbocycles. The molecule has 1 unspecified atom stereocenters. The van der Waals surface area contributed by atoms with Gasteiger partial charge in [0.05, 0.1) is 9.92 Å². The fourth-order valence-corrected chi connectivity index (χ4v) is 4.74. The third-order valence-electron chi connectivity index (χ3n) is 3.89. The predicted molar refractivity (Wildman–Crippen MR) is 94.3 cm³/mol. The van der Waals surface area contributed by atoms with Crippen molar-refractivity contribution in [3.05, 3.63) is 58.9 Å². The SMILES string of the molecule is CC(c1ccc(S(C)(=O)=O)cc1)N(C)S(=O)(=O)c1ccc(F)cc1Cl. The first kappa shape index (κ1) is 19.8. The molecule has 0 aliphatic heterocycles. The van der Waals surface area contributed by atoms with Crippen LogP contribution >= 0.6 is 11.6 Å².